The van der Waals surface area contributed by atoms with Crippen molar-refractivity contribution in [1.29, 1.82) is 0 Å². The fraction of sp³-hybridized carbons (Fsp3) is 0.600. The lowest BCUT2D eigenvalue weighted by Gasteiger charge is -2.31. The number of hydrogen-bond donors (Lipinski definition) is 2. The van der Waals surface area contributed by atoms with Crippen LogP contribution in [0.1, 0.15) is 12.0 Å². The first kappa shape index (κ1) is 14.2. The van der Waals surface area contributed by atoms with Crippen molar-refractivity contribution in [2.75, 3.05) is 44.9 Å². The van der Waals surface area contributed by atoms with Crippen molar-refractivity contribution in [1.82, 2.24) is 0 Å². The maximum atomic E-state index is 9.63. The van der Waals surface area contributed by atoms with Crippen molar-refractivity contribution in [2.24, 2.45) is 0 Å². The molecular weight excluding hydrogens is 238 g/mol. The van der Waals surface area contributed by atoms with E-state index in [-0.39, 0.29) is 12.6 Å². The fourth-order valence-corrected chi connectivity index (χ4v) is 2.78. The van der Waals surface area contributed by atoms with Gasteiger partial charge in [0.05, 0.1) is 40.3 Å². The molecule has 1 saturated heterocycles. The number of benzene rings is 1. The molecule has 2 atom stereocenters. The van der Waals surface area contributed by atoms with Crippen LogP contribution in [0.3, 0.4) is 0 Å². The Balaban J connectivity index is 2.25. The molecular formula is C15H26N3O+. The zero-order valence-corrected chi connectivity index (χ0v) is 12.4. The molecule has 0 saturated carbocycles. The molecule has 19 heavy (non-hydrogen) atoms. The monoisotopic (exact) mass is 264 g/mol. The normalized spacial score (nSPS) is 23.9. The molecule has 4 nitrogen and oxygen atoms in total. The Labute approximate surface area is 116 Å². The highest BCUT2D eigenvalue weighted by Crippen LogP contribution is 2.30. The molecule has 1 fully saturated rings. The van der Waals surface area contributed by atoms with Crippen LogP contribution in [0.5, 0.6) is 0 Å². The predicted octanol–water partition coefficient (Wildman–Crippen LogP) is 1.22. The first-order valence-corrected chi connectivity index (χ1v) is 6.87. The first-order chi connectivity index (χ1) is 8.82. The van der Waals surface area contributed by atoms with Gasteiger partial charge in [0, 0.05) is 17.8 Å². The quantitative estimate of drug-likeness (QED) is 0.637. The van der Waals surface area contributed by atoms with Crippen LogP contribution in [0, 0.1) is 6.92 Å². The average molecular weight is 264 g/mol. The second-order valence-corrected chi connectivity index (χ2v) is 6.54. The lowest BCUT2D eigenvalue weighted by atomic mass is 10.1. The van der Waals surface area contributed by atoms with Gasteiger partial charge in [-0.2, -0.15) is 0 Å². The van der Waals surface area contributed by atoms with Crippen LogP contribution in [0.25, 0.3) is 0 Å². The summed E-state index contributed by atoms with van der Waals surface area (Å²) in [5.41, 5.74) is 8.97. The van der Waals surface area contributed by atoms with E-state index in [0.29, 0.717) is 6.04 Å². The molecule has 2 rings (SSSR count). The summed E-state index contributed by atoms with van der Waals surface area (Å²) in [4.78, 5) is 2.32. The summed E-state index contributed by atoms with van der Waals surface area (Å²) in [6.45, 7) is 3.22. The molecule has 0 aliphatic carbocycles. The van der Waals surface area contributed by atoms with Crippen LogP contribution in [0.2, 0.25) is 0 Å². The predicted molar refractivity (Wildman–Crippen MR) is 80.2 cm³/mol. The van der Waals surface area contributed by atoms with Gasteiger partial charge in [0.1, 0.15) is 6.04 Å². The van der Waals surface area contributed by atoms with Gasteiger partial charge in [0.2, 0.25) is 0 Å². The first-order valence-electron chi connectivity index (χ1n) is 6.87. The third-order valence-corrected chi connectivity index (χ3v) is 4.28. The van der Waals surface area contributed by atoms with Crippen molar-refractivity contribution >= 4 is 11.4 Å². The number of rotatable bonds is 3. The Morgan fingerprint density at radius 3 is 2.58 bits per heavy atom. The highest BCUT2D eigenvalue weighted by molar-refractivity contribution is 5.59. The molecule has 0 radical (unpaired) electrons. The smallest absolute Gasteiger partial charge is 0.108 e. The number of anilines is 2. The van der Waals surface area contributed by atoms with Crippen LogP contribution in [-0.4, -0.2) is 56.0 Å². The van der Waals surface area contributed by atoms with E-state index in [0.717, 1.165) is 28.7 Å². The van der Waals surface area contributed by atoms with Gasteiger partial charge in [0.25, 0.3) is 0 Å². The summed E-state index contributed by atoms with van der Waals surface area (Å²) in [6, 6.07) is 6.90. The van der Waals surface area contributed by atoms with Gasteiger partial charge >= 0.3 is 0 Å². The van der Waals surface area contributed by atoms with Crippen LogP contribution < -0.4 is 10.6 Å². The summed E-state index contributed by atoms with van der Waals surface area (Å²) in [6.07, 6.45) is 1.03. The molecule has 1 aliphatic rings. The molecule has 0 bridgehead atoms. The third kappa shape index (κ3) is 2.85. The maximum Gasteiger partial charge on any atom is 0.108 e. The van der Waals surface area contributed by atoms with Crippen LogP contribution in [0.15, 0.2) is 18.2 Å². The largest absolute Gasteiger partial charge is 0.399 e. The van der Waals surface area contributed by atoms with Crippen LogP contribution >= 0.6 is 0 Å². The molecule has 2 unspecified atom stereocenters. The van der Waals surface area contributed by atoms with Crippen molar-refractivity contribution in [2.45, 2.75) is 25.4 Å². The number of likely N-dealkylation sites (N-methyl/N-ethyl adjacent to an activating group) is 1. The molecule has 4 heteroatoms. The van der Waals surface area contributed by atoms with Crippen LogP contribution in [0.4, 0.5) is 11.4 Å². The Bertz CT molecular complexity index is 453. The SMILES string of the molecule is Cc1cc(N2CC([N+](C)(C)C)CC2CO)ccc1N. The minimum Gasteiger partial charge on any atom is -0.399 e. The highest BCUT2D eigenvalue weighted by Gasteiger charge is 2.38. The van der Waals surface area contributed by atoms with Gasteiger partial charge < -0.3 is 20.2 Å². The molecule has 0 spiro atoms. The molecule has 0 aromatic heterocycles. The summed E-state index contributed by atoms with van der Waals surface area (Å²) >= 11 is 0. The highest BCUT2D eigenvalue weighted by atomic mass is 16.3. The van der Waals surface area contributed by atoms with Gasteiger partial charge in [-0.25, -0.2) is 0 Å². The number of aliphatic hydroxyl groups is 1. The Kier molecular flexibility index (Phi) is 3.74. The van der Waals surface area contributed by atoms with E-state index < -0.39 is 0 Å². The van der Waals surface area contributed by atoms with Gasteiger partial charge in [0.15, 0.2) is 0 Å². The van der Waals surface area contributed by atoms with E-state index in [1.54, 1.807) is 0 Å². The zero-order valence-electron chi connectivity index (χ0n) is 12.4. The number of hydrogen-bond acceptors (Lipinski definition) is 3. The van der Waals surface area contributed by atoms with E-state index in [1.165, 1.54) is 5.69 Å². The van der Waals surface area contributed by atoms with Gasteiger partial charge in [-0.1, -0.05) is 0 Å². The summed E-state index contributed by atoms with van der Waals surface area (Å²) in [5.74, 6) is 0. The lowest BCUT2D eigenvalue weighted by Crippen LogP contribution is -2.46. The number of nitrogens with two attached hydrogens (primary N) is 1. The Morgan fingerprint density at radius 1 is 1.37 bits per heavy atom. The minimum absolute atomic E-state index is 0.208. The van der Waals surface area contributed by atoms with Crippen molar-refractivity contribution in [3.63, 3.8) is 0 Å². The van der Waals surface area contributed by atoms with E-state index in [4.69, 9.17) is 5.73 Å². The molecule has 1 aromatic rings. The third-order valence-electron chi connectivity index (χ3n) is 4.28. The van der Waals surface area contributed by atoms with E-state index in [9.17, 15) is 5.11 Å². The second-order valence-electron chi connectivity index (χ2n) is 6.54. The van der Waals surface area contributed by atoms with Gasteiger partial charge in [-0.3, -0.25) is 0 Å². The number of quaternary nitrogens is 1. The average Bonchev–Trinajstić information content (AvgIpc) is 2.76. The molecule has 106 valence electrons. The minimum atomic E-state index is 0.208. The van der Waals surface area contributed by atoms with Gasteiger partial charge in [-0.15, -0.1) is 0 Å². The molecule has 3 N–H and O–H groups in total. The van der Waals surface area contributed by atoms with Crippen molar-refractivity contribution in [3.05, 3.63) is 23.8 Å². The molecule has 1 aromatic carbocycles. The zero-order chi connectivity index (χ0) is 14.2. The Hall–Kier alpha value is -1.26. The van der Waals surface area contributed by atoms with E-state index in [1.807, 2.05) is 13.0 Å². The van der Waals surface area contributed by atoms with Crippen molar-refractivity contribution in [3.8, 4) is 0 Å². The number of aliphatic hydroxyl groups excluding tert-OH is 1. The Morgan fingerprint density at radius 2 is 2.05 bits per heavy atom. The fourth-order valence-electron chi connectivity index (χ4n) is 2.78. The lowest BCUT2D eigenvalue weighted by molar-refractivity contribution is -0.893. The molecule has 1 aliphatic heterocycles. The van der Waals surface area contributed by atoms with E-state index >= 15 is 0 Å². The molecule has 0 amide bonds. The number of aryl methyl sites for hydroxylation is 1. The van der Waals surface area contributed by atoms with Crippen molar-refractivity contribution < 1.29 is 9.59 Å². The maximum absolute atomic E-state index is 9.63. The molecule has 1 heterocycles. The van der Waals surface area contributed by atoms with E-state index in [2.05, 4.69) is 38.2 Å². The topological polar surface area (TPSA) is 49.5 Å². The summed E-state index contributed by atoms with van der Waals surface area (Å²) in [5, 5.41) is 9.63. The summed E-state index contributed by atoms with van der Waals surface area (Å²) in [7, 11) is 6.66. The van der Waals surface area contributed by atoms with Crippen LogP contribution in [-0.2, 0) is 0 Å². The van der Waals surface area contributed by atoms with Gasteiger partial charge in [-0.05, 0) is 30.7 Å². The summed E-state index contributed by atoms with van der Waals surface area (Å²) < 4.78 is 0.932. The standard InChI is InChI=1S/C15H26N3O/c1-11-7-12(5-6-15(11)16)17-9-14(18(2,3)4)8-13(17)10-19/h5-7,13-14,19H,8-10,16H2,1-4H3/q+1. The number of nitrogens with zero attached hydrogens (tertiary/aromatic N) is 2. The second kappa shape index (κ2) is 5.02. The number of nitrogen functional groups attached to an aromatic ring is 1.